The fourth-order valence-electron chi connectivity index (χ4n) is 2.29. The van der Waals surface area contributed by atoms with Crippen LogP contribution >= 0.6 is 0 Å². The van der Waals surface area contributed by atoms with Crippen LogP contribution in [0.2, 0.25) is 0 Å². The van der Waals surface area contributed by atoms with Gasteiger partial charge >= 0.3 is 5.97 Å². The Balaban J connectivity index is 1.98. The predicted octanol–water partition coefficient (Wildman–Crippen LogP) is 2.82. The summed E-state index contributed by atoms with van der Waals surface area (Å²) in [4.78, 5) is 24.6. The Kier molecular flexibility index (Phi) is 6.39. The highest BCUT2D eigenvalue weighted by atomic mass is 16.5. The Morgan fingerprint density at radius 3 is 2.40 bits per heavy atom. The number of carboxylic acid groups (broad SMARTS) is 1. The van der Waals surface area contributed by atoms with Crippen molar-refractivity contribution in [3.63, 3.8) is 0 Å². The maximum atomic E-state index is 12.5. The summed E-state index contributed by atoms with van der Waals surface area (Å²) in [5, 5.41) is 8.59. The van der Waals surface area contributed by atoms with Gasteiger partial charge in [-0.1, -0.05) is 18.2 Å². The van der Waals surface area contributed by atoms with Gasteiger partial charge in [-0.25, -0.2) is 4.79 Å². The van der Waals surface area contributed by atoms with Crippen molar-refractivity contribution in [1.82, 2.24) is 4.90 Å². The van der Waals surface area contributed by atoms with Gasteiger partial charge < -0.3 is 19.5 Å². The summed E-state index contributed by atoms with van der Waals surface area (Å²) in [5.41, 5.74) is 1.48. The first-order valence-corrected chi connectivity index (χ1v) is 7.91. The second-order valence-electron chi connectivity index (χ2n) is 5.45. The van der Waals surface area contributed by atoms with Crippen molar-refractivity contribution in [1.29, 1.82) is 0 Å². The van der Waals surface area contributed by atoms with E-state index in [0.29, 0.717) is 30.2 Å². The van der Waals surface area contributed by atoms with E-state index in [1.807, 2.05) is 13.0 Å². The monoisotopic (exact) mass is 343 g/mol. The highest BCUT2D eigenvalue weighted by Crippen LogP contribution is 2.17. The number of ether oxygens (including phenoxy) is 2. The van der Waals surface area contributed by atoms with Crippen LogP contribution in [0.15, 0.2) is 48.5 Å². The van der Waals surface area contributed by atoms with Crippen LogP contribution in [-0.2, 0) is 11.3 Å². The SMILES string of the molecule is CCOc1cccc(C(=O)N(C)Cc2ccc(OCC(=O)O)cc2)c1. The van der Waals surface area contributed by atoms with Gasteiger partial charge in [0.05, 0.1) is 6.61 Å². The van der Waals surface area contributed by atoms with Gasteiger partial charge in [0.1, 0.15) is 11.5 Å². The van der Waals surface area contributed by atoms with E-state index in [1.54, 1.807) is 54.4 Å². The average Bonchev–Trinajstić information content (AvgIpc) is 2.61. The number of carbonyl (C=O) groups is 2. The fourth-order valence-corrected chi connectivity index (χ4v) is 2.29. The Morgan fingerprint density at radius 1 is 1.04 bits per heavy atom. The third-order valence-electron chi connectivity index (χ3n) is 3.44. The number of amides is 1. The molecule has 0 fully saturated rings. The molecule has 6 heteroatoms. The molecule has 0 saturated heterocycles. The highest BCUT2D eigenvalue weighted by Gasteiger charge is 2.13. The van der Waals surface area contributed by atoms with E-state index in [2.05, 4.69) is 0 Å². The summed E-state index contributed by atoms with van der Waals surface area (Å²) < 4.78 is 10.5. The average molecular weight is 343 g/mol. The smallest absolute Gasteiger partial charge is 0.341 e. The minimum atomic E-state index is -1.02. The maximum absolute atomic E-state index is 12.5. The maximum Gasteiger partial charge on any atom is 0.341 e. The number of carbonyl (C=O) groups excluding carboxylic acids is 1. The fraction of sp³-hybridized carbons (Fsp3) is 0.263. The number of hydrogen-bond donors (Lipinski definition) is 1. The molecule has 0 unspecified atom stereocenters. The van der Waals surface area contributed by atoms with Crippen LogP contribution in [-0.4, -0.2) is 42.1 Å². The van der Waals surface area contributed by atoms with Crippen LogP contribution in [0.1, 0.15) is 22.8 Å². The second-order valence-corrected chi connectivity index (χ2v) is 5.45. The zero-order valence-corrected chi connectivity index (χ0v) is 14.3. The molecule has 2 aromatic rings. The summed E-state index contributed by atoms with van der Waals surface area (Å²) >= 11 is 0. The normalized spacial score (nSPS) is 10.2. The van der Waals surface area contributed by atoms with Crippen LogP contribution in [0, 0.1) is 0 Å². The first-order valence-electron chi connectivity index (χ1n) is 7.91. The minimum absolute atomic E-state index is 0.104. The van der Waals surface area contributed by atoms with Crippen LogP contribution in [0.5, 0.6) is 11.5 Å². The number of carboxylic acids is 1. The summed E-state index contributed by atoms with van der Waals surface area (Å²) in [6.45, 7) is 2.49. The van der Waals surface area contributed by atoms with Gasteiger partial charge in [0.15, 0.2) is 6.61 Å². The van der Waals surface area contributed by atoms with Crippen molar-refractivity contribution in [2.45, 2.75) is 13.5 Å². The topological polar surface area (TPSA) is 76.1 Å². The van der Waals surface area contributed by atoms with Crippen molar-refractivity contribution in [2.75, 3.05) is 20.3 Å². The van der Waals surface area contributed by atoms with E-state index >= 15 is 0 Å². The van der Waals surface area contributed by atoms with Crippen LogP contribution in [0.3, 0.4) is 0 Å². The third-order valence-corrected chi connectivity index (χ3v) is 3.44. The molecule has 0 heterocycles. The quantitative estimate of drug-likeness (QED) is 0.798. The van der Waals surface area contributed by atoms with Gasteiger partial charge in [-0.15, -0.1) is 0 Å². The lowest BCUT2D eigenvalue weighted by Gasteiger charge is -2.18. The van der Waals surface area contributed by atoms with Crippen molar-refractivity contribution in [3.05, 3.63) is 59.7 Å². The number of aliphatic carboxylic acids is 1. The van der Waals surface area contributed by atoms with Crippen molar-refractivity contribution < 1.29 is 24.2 Å². The van der Waals surface area contributed by atoms with Gasteiger partial charge in [-0.05, 0) is 42.8 Å². The molecule has 0 aliphatic carbocycles. The molecule has 0 aliphatic rings. The Hall–Kier alpha value is -3.02. The van der Waals surface area contributed by atoms with E-state index in [1.165, 1.54) is 0 Å². The molecule has 25 heavy (non-hydrogen) atoms. The van der Waals surface area contributed by atoms with Crippen molar-refractivity contribution in [3.8, 4) is 11.5 Å². The van der Waals surface area contributed by atoms with Gasteiger partial charge in [0.25, 0.3) is 5.91 Å². The molecular weight excluding hydrogens is 322 g/mol. The Bertz CT molecular complexity index is 727. The molecule has 2 aromatic carbocycles. The molecule has 1 amide bonds. The third kappa shape index (κ3) is 5.53. The van der Waals surface area contributed by atoms with Crippen LogP contribution in [0.4, 0.5) is 0 Å². The first-order chi connectivity index (χ1) is 12.0. The molecule has 132 valence electrons. The number of rotatable bonds is 8. The molecular formula is C19H21NO5. The molecule has 2 rings (SSSR count). The summed E-state index contributed by atoms with van der Waals surface area (Å²) in [6.07, 6.45) is 0. The number of nitrogens with zero attached hydrogens (tertiary/aromatic N) is 1. The summed E-state index contributed by atoms with van der Waals surface area (Å²) in [6, 6.07) is 14.1. The second kappa shape index (κ2) is 8.73. The van der Waals surface area contributed by atoms with Crippen LogP contribution < -0.4 is 9.47 Å². The van der Waals surface area contributed by atoms with E-state index in [4.69, 9.17) is 14.6 Å². The summed E-state index contributed by atoms with van der Waals surface area (Å²) in [5.74, 6) is 0.0164. The lowest BCUT2D eigenvalue weighted by atomic mass is 10.1. The number of benzene rings is 2. The number of hydrogen-bond acceptors (Lipinski definition) is 4. The molecule has 0 radical (unpaired) electrons. The van der Waals surface area contributed by atoms with Gasteiger partial charge in [-0.3, -0.25) is 4.79 Å². The van der Waals surface area contributed by atoms with E-state index in [9.17, 15) is 9.59 Å². The highest BCUT2D eigenvalue weighted by molar-refractivity contribution is 5.94. The molecule has 0 bridgehead atoms. The van der Waals surface area contributed by atoms with E-state index < -0.39 is 5.97 Å². The molecule has 0 saturated carbocycles. The zero-order chi connectivity index (χ0) is 18.2. The molecule has 6 nitrogen and oxygen atoms in total. The Labute approximate surface area is 146 Å². The van der Waals surface area contributed by atoms with Gasteiger partial charge in [0.2, 0.25) is 0 Å². The molecule has 0 aliphatic heterocycles. The van der Waals surface area contributed by atoms with E-state index in [0.717, 1.165) is 5.56 Å². The molecule has 0 aromatic heterocycles. The molecule has 1 N–H and O–H groups in total. The zero-order valence-electron chi connectivity index (χ0n) is 14.3. The van der Waals surface area contributed by atoms with Crippen molar-refractivity contribution >= 4 is 11.9 Å². The lowest BCUT2D eigenvalue weighted by Crippen LogP contribution is -2.26. The van der Waals surface area contributed by atoms with E-state index in [-0.39, 0.29) is 12.5 Å². The molecule has 0 spiro atoms. The van der Waals surface area contributed by atoms with Gasteiger partial charge in [0, 0.05) is 19.2 Å². The molecule has 0 atom stereocenters. The lowest BCUT2D eigenvalue weighted by molar-refractivity contribution is -0.139. The standard InChI is InChI=1S/C19H21NO5/c1-3-24-17-6-4-5-15(11-17)19(23)20(2)12-14-7-9-16(10-8-14)25-13-18(21)22/h4-11H,3,12-13H2,1-2H3,(H,21,22). The minimum Gasteiger partial charge on any atom is -0.494 e. The summed E-state index contributed by atoms with van der Waals surface area (Å²) in [7, 11) is 1.73. The Morgan fingerprint density at radius 2 is 1.76 bits per heavy atom. The van der Waals surface area contributed by atoms with Gasteiger partial charge in [-0.2, -0.15) is 0 Å². The largest absolute Gasteiger partial charge is 0.494 e. The predicted molar refractivity (Wildman–Crippen MR) is 93.0 cm³/mol. The van der Waals surface area contributed by atoms with Crippen molar-refractivity contribution in [2.24, 2.45) is 0 Å². The van der Waals surface area contributed by atoms with Crippen LogP contribution in [0.25, 0.3) is 0 Å². The first kappa shape index (κ1) is 18.3.